The van der Waals surface area contributed by atoms with Gasteiger partial charge in [-0.2, -0.15) is 11.3 Å². The van der Waals surface area contributed by atoms with Crippen LogP contribution in [0, 0.1) is 0 Å². The predicted octanol–water partition coefficient (Wildman–Crippen LogP) is 3.08. The molecule has 0 radical (unpaired) electrons. The van der Waals surface area contributed by atoms with Crippen LogP contribution in [0.15, 0.2) is 52.2 Å². The van der Waals surface area contributed by atoms with E-state index in [4.69, 9.17) is 0 Å². The standard InChI is InChI=1S/C18H24N4OS.HI/c1-3-22(13-15-7-5-4-6-8-15)17(23)12-21-18(19-2)20-11-16-9-10-24-14-16;/h4-10,14H,3,11-13H2,1-2H3,(H2,19,20,21);1H. The van der Waals surface area contributed by atoms with Gasteiger partial charge in [0.1, 0.15) is 0 Å². The maximum atomic E-state index is 12.4. The Morgan fingerprint density at radius 2 is 1.92 bits per heavy atom. The Labute approximate surface area is 170 Å². The molecule has 2 rings (SSSR count). The fourth-order valence-corrected chi connectivity index (χ4v) is 2.92. The maximum Gasteiger partial charge on any atom is 0.242 e. The van der Waals surface area contributed by atoms with Crippen molar-refractivity contribution in [3.05, 3.63) is 58.3 Å². The number of carbonyl (C=O) groups excluding carboxylic acids is 1. The third kappa shape index (κ3) is 7.43. The molecule has 1 aromatic heterocycles. The molecule has 7 heteroatoms. The zero-order valence-corrected chi connectivity index (χ0v) is 17.7. The summed E-state index contributed by atoms with van der Waals surface area (Å²) >= 11 is 1.66. The zero-order chi connectivity index (χ0) is 17.2. The van der Waals surface area contributed by atoms with Gasteiger partial charge < -0.3 is 15.5 Å². The van der Waals surface area contributed by atoms with Gasteiger partial charge in [-0.05, 0) is 34.9 Å². The molecule has 0 unspecified atom stereocenters. The SMILES string of the molecule is CCN(Cc1ccccc1)C(=O)CNC(=NC)NCc1ccsc1.I. The highest BCUT2D eigenvalue weighted by Crippen LogP contribution is 2.05. The highest BCUT2D eigenvalue weighted by molar-refractivity contribution is 14.0. The first kappa shape index (κ1) is 21.4. The molecular formula is C18H25IN4OS. The number of likely N-dealkylation sites (N-methyl/N-ethyl adjacent to an activating group) is 1. The van der Waals surface area contributed by atoms with Crippen molar-refractivity contribution in [2.45, 2.75) is 20.0 Å². The summed E-state index contributed by atoms with van der Waals surface area (Å²) in [5.41, 5.74) is 2.33. The van der Waals surface area contributed by atoms with Gasteiger partial charge in [0, 0.05) is 26.7 Å². The van der Waals surface area contributed by atoms with E-state index in [1.54, 1.807) is 18.4 Å². The van der Waals surface area contributed by atoms with Gasteiger partial charge in [0.25, 0.3) is 0 Å². The summed E-state index contributed by atoms with van der Waals surface area (Å²) in [6.45, 7) is 4.21. The smallest absolute Gasteiger partial charge is 0.242 e. The molecule has 0 aliphatic rings. The van der Waals surface area contributed by atoms with E-state index in [0.717, 1.165) is 5.56 Å². The van der Waals surface area contributed by atoms with Crippen LogP contribution in [-0.2, 0) is 17.9 Å². The first-order valence-electron chi connectivity index (χ1n) is 8.00. The van der Waals surface area contributed by atoms with Crippen LogP contribution < -0.4 is 10.6 Å². The number of carbonyl (C=O) groups is 1. The lowest BCUT2D eigenvalue weighted by atomic mass is 10.2. The van der Waals surface area contributed by atoms with E-state index >= 15 is 0 Å². The molecule has 0 aliphatic heterocycles. The summed E-state index contributed by atoms with van der Waals surface area (Å²) in [5, 5.41) is 10.4. The Morgan fingerprint density at radius 3 is 2.52 bits per heavy atom. The van der Waals surface area contributed by atoms with Gasteiger partial charge in [-0.15, -0.1) is 24.0 Å². The van der Waals surface area contributed by atoms with Crippen molar-refractivity contribution in [2.75, 3.05) is 20.1 Å². The van der Waals surface area contributed by atoms with Gasteiger partial charge in [-0.3, -0.25) is 9.79 Å². The van der Waals surface area contributed by atoms with E-state index < -0.39 is 0 Å². The van der Waals surface area contributed by atoms with Gasteiger partial charge in [0.05, 0.1) is 6.54 Å². The molecule has 1 aromatic carbocycles. The first-order valence-corrected chi connectivity index (χ1v) is 8.94. The second-order valence-corrected chi connectivity index (χ2v) is 6.08. The Morgan fingerprint density at radius 1 is 1.16 bits per heavy atom. The number of nitrogens with zero attached hydrogens (tertiary/aromatic N) is 2. The molecule has 1 amide bonds. The van der Waals surface area contributed by atoms with Gasteiger partial charge in [0.2, 0.25) is 5.91 Å². The predicted molar refractivity (Wildman–Crippen MR) is 115 cm³/mol. The fourth-order valence-electron chi connectivity index (χ4n) is 2.25. The van der Waals surface area contributed by atoms with Crippen LogP contribution in [0.3, 0.4) is 0 Å². The molecule has 25 heavy (non-hydrogen) atoms. The fraction of sp³-hybridized carbons (Fsp3) is 0.333. The number of thiophene rings is 1. The van der Waals surface area contributed by atoms with Crippen LogP contribution >= 0.6 is 35.3 Å². The lowest BCUT2D eigenvalue weighted by Crippen LogP contribution is -2.44. The van der Waals surface area contributed by atoms with Crippen molar-refractivity contribution in [1.29, 1.82) is 0 Å². The summed E-state index contributed by atoms with van der Waals surface area (Å²) < 4.78 is 0. The van der Waals surface area contributed by atoms with Crippen LogP contribution in [0.25, 0.3) is 0 Å². The summed E-state index contributed by atoms with van der Waals surface area (Å²) in [5.74, 6) is 0.685. The minimum atomic E-state index is 0. The number of rotatable bonds is 7. The van der Waals surface area contributed by atoms with E-state index in [1.807, 2.05) is 47.5 Å². The summed E-state index contributed by atoms with van der Waals surface area (Å²) in [6.07, 6.45) is 0. The zero-order valence-electron chi connectivity index (χ0n) is 14.6. The van der Waals surface area contributed by atoms with Gasteiger partial charge in [0.15, 0.2) is 5.96 Å². The largest absolute Gasteiger partial charge is 0.352 e. The molecule has 0 atom stereocenters. The minimum absolute atomic E-state index is 0. The average Bonchev–Trinajstić information content (AvgIpc) is 3.14. The second-order valence-electron chi connectivity index (χ2n) is 5.30. The molecule has 1 heterocycles. The van der Waals surface area contributed by atoms with Crippen LogP contribution in [0.1, 0.15) is 18.1 Å². The van der Waals surface area contributed by atoms with Crippen molar-refractivity contribution in [1.82, 2.24) is 15.5 Å². The minimum Gasteiger partial charge on any atom is -0.352 e. The normalized spacial score (nSPS) is 10.7. The van der Waals surface area contributed by atoms with Crippen LogP contribution in [0.4, 0.5) is 0 Å². The number of halogens is 1. The van der Waals surface area contributed by atoms with Crippen LogP contribution in [0.2, 0.25) is 0 Å². The van der Waals surface area contributed by atoms with Crippen molar-refractivity contribution in [2.24, 2.45) is 4.99 Å². The molecule has 2 N–H and O–H groups in total. The first-order chi connectivity index (χ1) is 11.7. The van der Waals surface area contributed by atoms with Crippen LogP contribution in [0.5, 0.6) is 0 Å². The number of guanidine groups is 1. The molecule has 0 spiro atoms. The highest BCUT2D eigenvalue weighted by Gasteiger charge is 2.12. The van der Waals surface area contributed by atoms with Crippen LogP contribution in [-0.4, -0.2) is 36.9 Å². The summed E-state index contributed by atoms with van der Waals surface area (Å²) in [7, 11) is 1.70. The van der Waals surface area contributed by atoms with Crippen molar-refractivity contribution >= 4 is 47.2 Å². The van der Waals surface area contributed by atoms with E-state index in [1.165, 1.54) is 5.56 Å². The molecule has 0 saturated heterocycles. The molecule has 5 nitrogen and oxygen atoms in total. The third-order valence-corrected chi connectivity index (χ3v) is 4.35. The molecular weight excluding hydrogens is 447 g/mol. The Kier molecular flexibility index (Phi) is 10.2. The highest BCUT2D eigenvalue weighted by atomic mass is 127. The van der Waals surface area contributed by atoms with Crippen molar-refractivity contribution in [3.8, 4) is 0 Å². The van der Waals surface area contributed by atoms with E-state index in [9.17, 15) is 4.79 Å². The number of nitrogens with one attached hydrogen (secondary N) is 2. The molecule has 136 valence electrons. The average molecular weight is 472 g/mol. The van der Waals surface area contributed by atoms with E-state index in [0.29, 0.717) is 25.6 Å². The Bertz CT molecular complexity index is 646. The number of amides is 1. The number of aliphatic imine (C=N–C) groups is 1. The maximum absolute atomic E-state index is 12.4. The van der Waals surface area contributed by atoms with Gasteiger partial charge >= 0.3 is 0 Å². The number of benzene rings is 1. The molecule has 2 aromatic rings. The third-order valence-electron chi connectivity index (χ3n) is 3.62. The summed E-state index contributed by atoms with van der Waals surface area (Å²) in [4.78, 5) is 18.4. The topological polar surface area (TPSA) is 56.7 Å². The second kappa shape index (κ2) is 11.9. The molecule has 0 fully saturated rings. The van der Waals surface area contributed by atoms with Crippen molar-refractivity contribution < 1.29 is 4.79 Å². The lowest BCUT2D eigenvalue weighted by molar-refractivity contribution is -0.130. The Hall–Kier alpha value is -1.61. The van der Waals surface area contributed by atoms with E-state index in [2.05, 4.69) is 27.1 Å². The molecule has 0 saturated carbocycles. The summed E-state index contributed by atoms with van der Waals surface area (Å²) in [6, 6.07) is 12.1. The Balaban J connectivity index is 0.00000312. The van der Waals surface area contributed by atoms with Gasteiger partial charge in [-0.1, -0.05) is 30.3 Å². The quantitative estimate of drug-likeness (QED) is 0.370. The molecule has 0 bridgehead atoms. The number of hydrogen-bond acceptors (Lipinski definition) is 3. The van der Waals surface area contributed by atoms with E-state index in [-0.39, 0.29) is 36.4 Å². The van der Waals surface area contributed by atoms with Crippen molar-refractivity contribution in [3.63, 3.8) is 0 Å². The van der Waals surface area contributed by atoms with Gasteiger partial charge in [-0.25, -0.2) is 0 Å². The molecule has 0 aliphatic carbocycles. The number of hydrogen-bond donors (Lipinski definition) is 2. The monoisotopic (exact) mass is 472 g/mol. The lowest BCUT2D eigenvalue weighted by Gasteiger charge is -2.22.